The Morgan fingerprint density at radius 3 is 2.77 bits per heavy atom. The molecular formula is C20H32N4OS. The third-order valence-corrected chi connectivity index (χ3v) is 6.38. The van der Waals surface area contributed by atoms with E-state index in [2.05, 4.69) is 34.4 Å². The molecular weight excluding hydrogens is 344 g/mol. The van der Waals surface area contributed by atoms with Crippen LogP contribution in [0.15, 0.2) is 35.3 Å². The number of nitrogens with one attached hydrogen (secondary N) is 2. The first kappa shape index (κ1) is 19.4. The smallest absolute Gasteiger partial charge is 0.191 e. The van der Waals surface area contributed by atoms with Crippen LogP contribution in [0.2, 0.25) is 0 Å². The first-order valence-corrected chi connectivity index (χ1v) is 11.3. The maximum Gasteiger partial charge on any atom is 0.191 e. The second kappa shape index (κ2) is 9.51. The zero-order chi connectivity index (χ0) is 18.4. The molecule has 2 N–H and O–H groups in total. The lowest BCUT2D eigenvalue weighted by atomic mass is 10.2. The van der Waals surface area contributed by atoms with Gasteiger partial charge in [-0.3, -0.25) is 14.1 Å². The minimum atomic E-state index is -0.876. The fourth-order valence-corrected chi connectivity index (χ4v) is 4.68. The number of aliphatic imine (C=N–C) groups is 1. The fraction of sp³-hybridized carbons (Fsp3) is 0.650. The Labute approximate surface area is 160 Å². The summed E-state index contributed by atoms with van der Waals surface area (Å²) >= 11 is 0. The summed E-state index contributed by atoms with van der Waals surface area (Å²) in [5.41, 5.74) is 1.12. The lowest BCUT2D eigenvalue weighted by Gasteiger charge is -2.20. The molecule has 0 bridgehead atoms. The fourth-order valence-electron chi connectivity index (χ4n) is 3.68. The molecule has 6 heteroatoms. The van der Waals surface area contributed by atoms with Gasteiger partial charge in [0.15, 0.2) is 5.96 Å². The molecule has 3 unspecified atom stereocenters. The van der Waals surface area contributed by atoms with Crippen molar-refractivity contribution in [2.24, 2.45) is 4.99 Å². The molecule has 2 fully saturated rings. The van der Waals surface area contributed by atoms with Crippen LogP contribution < -0.4 is 10.6 Å². The number of rotatable bonds is 8. The zero-order valence-electron chi connectivity index (χ0n) is 16.0. The Morgan fingerprint density at radius 2 is 2.08 bits per heavy atom. The Bertz CT molecular complexity index is 617. The predicted octanol–water partition coefficient (Wildman–Crippen LogP) is 2.12. The lowest BCUT2D eigenvalue weighted by Crippen LogP contribution is -2.45. The maximum absolute atomic E-state index is 12.3. The van der Waals surface area contributed by atoms with Gasteiger partial charge in [-0.15, -0.1) is 0 Å². The van der Waals surface area contributed by atoms with Gasteiger partial charge in [-0.05, 0) is 38.7 Å². The van der Waals surface area contributed by atoms with Crippen LogP contribution in [0.25, 0.3) is 0 Å². The normalized spacial score (nSPS) is 25.2. The monoisotopic (exact) mass is 376 g/mol. The Hall–Kier alpha value is -1.40. The highest BCUT2D eigenvalue weighted by Crippen LogP contribution is 2.33. The topological polar surface area (TPSA) is 56.7 Å². The molecule has 1 heterocycles. The van der Waals surface area contributed by atoms with E-state index in [1.807, 2.05) is 30.3 Å². The number of likely N-dealkylation sites (tertiary alicyclic amines) is 1. The van der Waals surface area contributed by atoms with Crippen molar-refractivity contribution in [3.63, 3.8) is 0 Å². The number of hydrogen-bond donors (Lipinski definition) is 2. The standard InChI is InChI=1S/C20H32N4OS/c1-3-21-20(23-18-13-16(2)24(14-18)19-9-10-19)22-11-12-26(25)15-17-7-5-4-6-8-17/h4-8,16,18-19H,3,9-15H2,1-2H3,(H2,21,22,23). The molecule has 26 heavy (non-hydrogen) atoms. The predicted molar refractivity (Wildman–Crippen MR) is 110 cm³/mol. The van der Waals surface area contributed by atoms with Crippen LogP contribution in [-0.2, 0) is 16.6 Å². The van der Waals surface area contributed by atoms with E-state index in [-0.39, 0.29) is 0 Å². The first-order valence-electron chi connectivity index (χ1n) is 9.85. The van der Waals surface area contributed by atoms with Gasteiger partial charge in [0.25, 0.3) is 0 Å². The molecule has 5 nitrogen and oxygen atoms in total. The Morgan fingerprint density at radius 1 is 1.31 bits per heavy atom. The summed E-state index contributed by atoms with van der Waals surface area (Å²) < 4.78 is 12.3. The minimum absolute atomic E-state index is 0.457. The summed E-state index contributed by atoms with van der Waals surface area (Å²) in [5, 5.41) is 6.91. The molecule has 0 aromatic heterocycles. The maximum atomic E-state index is 12.3. The number of hydrogen-bond acceptors (Lipinski definition) is 3. The minimum Gasteiger partial charge on any atom is -0.357 e. The van der Waals surface area contributed by atoms with Gasteiger partial charge in [-0.1, -0.05) is 30.3 Å². The molecule has 2 aliphatic rings. The van der Waals surface area contributed by atoms with Crippen molar-refractivity contribution >= 4 is 16.8 Å². The van der Waals surface area contributed by atoms with Crippen molar-refractivity contribution in [3.05, 3.63) is 35.9 Å². The summed E-state index contributed by atoms with van der Waals surface area (Å²) in [4.78, 5) is 7.29. The molecule has 1 aliphatic carbocycles. The van der Waals surface area contributed by atoms with Crippen molar-refractivity contribution in [2.75, 3.05) is 25.4 Å². The second-order valence-electron chi connectivity index (χ2n) is 7.39. The molecule has 0 spiro atoms. The van der Waals surface area contributed by atoms with Gasteiger partial charge in [0.05, 0.1) is 6.54 Å². The highest BCUT2D eigenvalue weighted by atomic mass is 32.2. The van der Waals surface area contributed by atoms with Gasteiger partial charge in [0.1, 0.15) is 0 Å². The van der Waals surface area contributed by atoms with Gasteiger partial charge in [-0.2, -0.15) is 0 Å². The van der Waals surface area contributed by atoms with Crippen molar-refractivity contribution in [1.82, 2.24) is 15.5 Å². The molecule has 3 atom stereocenters. The van der Waals surface area contributed by atoms with Crippen LogP contribution in [-0.4, -0.2) is 58.6 Å². The van der Waals surface area contributed by atoms with Gasteiger partial charge >= 0.3 is 0 Å². The third-order valence-electron chi connectivity index (χ3n) is 5.08. The Kier molecular flexibility index (Phi) is 7.08. The number of nitrogens with zero attached hydrogens (tertiary/aromatic N) is 2. The summed E-state index contributed by atoms with van der Waals surface area (Å²) in [6.07, 6.45) is 3.89. The Balaban J connectivity index is 1.45. The van der Waals surface area contributed by atoms with Gasteiger partial charge < -0.3 is 10.6 Å². The van der Waals surface area contributed by atoms with E-state index < -0.39 is 10.8 Å². The van der Waals surface area contributed by atoms with Gasteiger partial charge in [0, 0.05) is 53.5 Å². The molecule has 1 aromatic carbocycles. The summed E-state index contributed by atoms with van der Waals surface area (Å²) in [5.74, 6) is 2.07. The van der Waals surface area contributed by atoms with E-state index in [0.29, 0.717) is 30.1 Å². The molecule has 3 rings (SSSR count). The van der Waals surface area contributed by atoms with Crippen LogP contribution in [0.3, 0.4) is 0 Å². The van der Waals surface area contributed by atoms with E-state index in [1.165, 1.54) is 19.3 Å². The third kappa shape index (κ3) is 5.81. The lowest BCUT2D eigenvalue weighted by molar-refractivity contribution is 0.256. The summed E-state index contributed by atoms with van der Waals surface area (Å²) in [6.45, 7) is 6.95. The van der Waals surface area contributed by atoms with Crippen molar-refractivity contribution in [1.29, 1.82) is 0 Å². The van der Waals surface area contributed by atoms with Crippen LogP contribution in [0, 0.1) is 0 Å². The highest BCUT2D eigenvalue weighted by molar-refractivity contribution is 7.84. The van der Waals surface area contributed by atoms with Gasteiger partial charge in [-0.25, -0.2) is 0 Å². The largest absolute Gasteiger partial charge is 0.357 e. The summed E-state index contributed by atoms with van der Waals surface area (Å²) in [7, 11) is -0.876. The van der Waals surface area contributed by atoms with Crippen molar-refractivity contribution in [3.8, 4) is 0 Å². The summed E-state index contributed by atoms with van der Waals surface area (Å²) in [6, 6.07) is 12.0. The van der Waals surface area contributed by atoms with Crippen LogP contribution in [0.5, 0.6) is 0 Å². The number of guanidine groups is 1. The average Bonchev–Trinajstić information content (AvgIpc) is 3.39. The van der Waals surface area contributed by atoms with Crippen molar-refractivity contribution < 1.29 is 4.21 Å². The molecule has 0 radical (unpaired) electrons. The molecule has 0 amide bonds. The van der Waals surface area contributed by atoms with Crippen LogP contribution in [0.1, 0.15) is 38.7 Å². The van der Waals surface area contributed by atoms with Crippen LogP contribution in [0.4, 0.5) is 0 Å². The average molecular weight is 377 g/mol. The SMILES string of the molecule is CCNC(=NCCS(=O)Cc1ccccc1)NC1CC(C)N(C2CC2)C1. The van der Waals surface area contributed by atoms with Gasteiger partial charge in [0.2, 0.25) is 0 Å². The molecule has 1 aliphatic heterocycles. The van der Waals surface area contributed by atoms with Crippen molar-refractivity contribution in [2.45, 2.75) is 57.0 Å². The number of benzene rings is 1. The zero-order valence-corrected chi connectivity index (χ0v) is 16.8. The van der Waals surface area contributed by atoms with E-state index in [0.717, 1.165) is 30.7 Å². The molecule has 1 saturated carbocycles. The van der Waals surface area contributed by atoms with E-state index in [1.54, 1.807) is 0 Å². The second-order valence-corrected chi connectivity index (χ2v) is 8.97. The van der Waals surface area contributed by atoms with E-state index in [4.69, 9.17) is 0 Å². The van der Waals surface area contributed by atoms with E-state index in [9.17, 15) is 4.21 Å². The molecule has 1 aromatic rings. The van der Waals surface area contributed by atoms with E-state index >= 15 is 0 Å². The quantitative estimate of drug-likeness (QED) is 0.539. The molecule has 144 valence electrons. The van der Waals surface area contributed by atoms with Crippen LogP contribution >= 0.6 is 0 Å². The highest BCUT2D eigenvalue weighted by Gasteiger charge is 2.38. The molecule has 1 saturated heterocycles. The first-order chi connectivity index (χ1) is 12.7.